The molecule has 2 aromatic carbocycles. The van der Waals surface area contributed by atoms with Crippen molar-refractivity contribution in [2.45, 2.75) is 6.42 Å². The van der Waals surface area contributed by atoms with Gasteiger partial charge >= 0.3 is 0 Å². The van der Waals surface area contributed by atoms with E-state index in [1.165, 1.54) is 10.9 Å². The third-order valence-corrected chi connectivity index (χ3v) is 3.55. The monoisotopic (exact) mass is 282 g/mol. The number of hydrogen-bond donors (Lipinski definition) is 1. The first-order valence-corrected chi connectivity index (χ1v) is 7.01. The highest BCUT2D eigenvalue weighted by molar-refractivity contribution is 6.30. The molecule has 1 N–H and O–H groups in total. The van der Waals surface area contributed by atoms with Crippen molar-refractivity contribution in [2.75, 3.05) is 6.54 Å². The molecule has 0 atom stereocenters. The van der Waals surface area contributed by atoms with Crippen molar-refractivity contribution in [3.8, 4) is 0 Å². The zero-order chi connectivity index (χ0) is 13.8. The first-order chi connectivity index (χ1) is 9.83. The molecule has 3 aromatic rings. The van der Waals surface area contributed by atoms with Crippen LogP contribution in [0.5, 0.6) is 0 Å². The smallest absolute Gasteiger partial charge is 0.0460 e. The van der Waals surface area contributed by atoms with Crippen molar-refractivity contribution in [2.24, 2.45) is 4.99 Å². The van der Waals surface area contributed by atoms with Crippen molar-refractivity contribution in [1.29, 1.82) is 0 Å². The van der Waals surface area contributed by atoms with Crippen LogP contribution < -0.4 is 0 Å². The number of aromatic nitrogens is 1. The molecule has 1 heterocycles. The fourth-order valence-corrected chi connectivity index (χ4v) is 2.33. The molecule has 0 saturated carbocycles. The molecule has 0 aliphatic carbocycles. The maximum absolute atomic E-state index is 5.86. The number of halogens is 1. The summed E-state index contributed by atoms with van der Waals surface area (Å²) in [6.07, 6.45) is 4.86. The van der Waals surface area contributed by atoms with Crippen molar-refractivity contribution >= 4 is 28.7 Å². The van der Waals surface area contributed by atoms with Crippen LogP contribution in [0.15, 0.2) is 59.7 Å². The third kappa shape index (κ3) is 2.91. The number of benzene rings is 2. The van der Waals surface area contributed by atoms with E-state index in [1.54, 1.807) is 0 Å². The lowest BCUT2D eigenvalue weighted by Gasteiger charge is -1.98. The van der Waals surface area contributed by atoms with E-state index in [1.807, 2.05) is 48.8 Å². The number of para-hydroxylation sites is 1. The second-order valence-corrected chi connectivity index (χ2v) is 5.14. The van der Waals surface area contributed by atoms with E-state index in [4.69, 9.17) is 11.6 Å². The number of aliphatic imine (C=N–C) groups is 1. The summed E-state index contributed by atoms with van der Waals surface area (Å²) in [7, 11) is 0. The highest BCUT2D eigenvalue weighted by atomic mass is 35.5. The molecule has 3 heteroatoms. The van der Waals surface area contributed by atoms with E-state index in [-0.39, 0.29) is 0 Å². The largest absolute Gasteiger partial charge is 0.361 e. The fraction of sp³-hybridized carbons (Fsp3) is 0.118. The van der Waals surface area contributed by atoms with Gasteiger partial charge in [0.25, 0.3) is 0 Å². The van der Waals surface area contributed by atoms with Gasteiger partial charge in [-0.3, -0.25) is 4.99 Å². The molecule has 0 aliphatic rings. The SMILES string of the molecule is Clc1ccc(CCN=Cc2c[nH]c3ccccc23)cc1. The molecule has 20 heavy (non-hydrogen) atoms. The molecule has 0 amide bonds. The lowest BCUT2D eigenvalue weighted by Crippen LogP contribution is -1.90. The maximum Gasteiger partial charge on any atom is 0.0460 e. The van der Waals surface area contributed by atoms with Gasteiger partial charge < -0.3 is 4.98 Å². The summed E-state index contributed by atoms with van der Waals surface area (Å²) < 4.78 is 0. The number of fused-ring (bicyclic) bond motifs is 1. The van der Waals surface area contributed by atoms with Crippen LogP contribution in [-0.2, 0) is 6.42 Å². The summed E-state index contributed by atoms with van der Waals surface area (Å²) in [5.41, 5.74) is 3.54. The minimum Gasteiger partial charge on any atom is -0.361 e. The number of aromatic amines is 1. The quantitative estimate of drug-likeness (QED) is 0.683. The second kappa shape index (κ2) is 5.93. The number of nitrogens with zero attached hydrogens (tertiary/aromatic N) is 1. The van der Waals surface area contributed by atoms with E-state index in [0.29, 0.717) is 0 Å². The van der Waals surface area contributed by atoms with Crippen LogP contribution in [0.1, 0.15) is 11.1 Å². The van der Waals surface area contributed by atoms with Crippen LogP contribution in [0.25, 0.3) is 10.9 Å². The molecule has 0 aliphatic heterocycles. The highest BCUT2D eigenvalue weighted by Crippen LogP contribution is 2.15. The Bertz CT molecular complexity index is 726. The molecule has 2 nitrogen and oxygen atoms in total. The van der Waals surface area contributed by atoms with Gasteiger partial charge in [0.15, 0.2) is 0 Å². The van der Waals surface area contributed by atoms with Crippen molar-refractivity contribution in [1.82, 2.24) is 4.98 Å². The zero-order valence-corrected chi connectivity index (χ0v) is 11.8. The summed E-state index contributed by atoms with van der Waals surface area (Å²) in [6.45, 7) is 0.779. The van der Waals surface area contributed by atoms with E-state index < -0.39 is 0 Å². The van der Waals surface area contributed by atoms with E-state index in [0.717, 1.165) is 29.1 Å². The minimum atomic E-state index is 0.774. The van der Waals surface area contributed by atoms with Crippen LogP contribution >= 0.6 is 11.6 Å². The van der Waals surface area contributed by atoms with Gasteiger partial charge in [-0.2, -0.15) is 0 Å². The summed E-state index contributed by atoms with van der Waals surface area (Å²) >= 11 is 5.86. The molecule has 3 rings (SSSR count). The first kappa shape index (κ1) is 12.9. The molecule has 0 saturated heterocycles. The molecule has 0 bridgehead atoms. The third-order valence-electron chi connectivity index (χ3n) is 3.29. The Balaban J connectivity index is 1.64. The molecule has 1 aromatic heterocycles. The van der Waals surface area contributed by atoms with Gasteiger partial charge in [0.2, 0.25) is 0 Å². The van der Waals surface area contributed by atoms with Gasteiger partial charge in [-0.05, 0) is 30.2 Å². The van der Waals surface area contributed by atoms with E-state index in [9.17, 15) is 0 Å². The molecule has 0 spiro atoms. The fourth-order valence-electron chi connectivity index (χ4n) is 2.21. The van der Waals surface area contributed by atoms with Crippen molar-refractivity contribution in [3.05, 3.63) is 70.9 Å². The average molecular weight is 283 g/mol. The van der Waals surface area contributed by atoms with Gasteiger partial charge in [-0.15, -0.1) is 0 Å². The summed E-state index contributed by atoms with van der Waals surface area (Å²) in [6, 6.07) is 16.2. The Kier molecular flexibility index (Phi) is 3.84. The van der Waals surface area contributed by atoms with Gasteiger partial charge in [-0.25, -0.2) is 0 Å². The van der Waals surface area contributed by atoms with Crippen LogP contribution in [0.3, 0.4) is 0 Å². The van der Waals surface area contributed by atoms with Gasteiger partial charge in [0.1, 0.15) is 0 Å². The molecule has 0 fully saturated rings. The van der Waals surface area contributed by atoms with Crippen molar-refractivity contribution < 1.29 is 0 Å². The number of H-pyrrole nitrogens is 1. The Morgan fingerprint density at radius 3 is 2.70 bits per heavy atom. The summed E-state index contributed by atoms with van der Waals surface area (Å²) in [5.74, 6) is 0. The van der Waals surface area contributed by atoms with Gasteiger partial charge in [-0.1, -0.05) is 41.9 Å². The van der Waals surface area contributed by atoms with Crippen LogP contribution in [-0.4, -0.2) is 17.7 Å². The first-order valence-electron chi connectivity index (χ1n) is 6.63. The predicted molar refractivity (Wildman–Crippen MR) is 85.9 cm³/mol. The van der Waals surface area contributed by atoms with Gasteiger partial charge in [0.05, 0.1) is 0 Å². The van der Waals surface area contributed by atoms with Crippen LogP contribution in [0.4, 0.5) is 0 Å². The number of hydrogen-bond acceptors (Lipinski definition) is 1. The Morgan fingerprint density at radius 1 is 1.05 bits per heavy atom. The molecular formula is C17H15ClN2. The molecule has 100 valence electrons. The average Bonchev–Trinajstić information content (AvgIpc) is 2.89. The topological polar surface area (TPSA) is 28.1 Å². The zero-order valence-electron chi connectivity index (χ0n) is 11.0. The molecule has 0 unspecified atom stereocenters. The van der Waals surface area contributed by atoms with E-state index in [2.05, 4.69) is 22.1 Å². The van der Waals surface area contributed by atoms with Crippen LogP contribution in [0.2, 0.25) is 5.02 Å². The number of rotatable bonds is 4. The summed E-state index contributed by atoms with van der Waals surface area (Å²) in [4.78, 5) is 7.75. The van der Waals surface area contributed by atoms with E-state index >= 15 is 0 Å². The Morgan fingerprint density at radius 2 is 1.85 bits per heavy atom. The van der Waals surface area contributed by atoms with Crippen molar-refractivity contribution in [3.63, 3.8) is 0 Å². The Hall–Kier alpha value is -2.06. The maximum atomic E-state index is 5.86. The predicted octanol–water partition coefficient (Wildman–Crippen LogP) is 4.48. The molecular weight excluding hydrogens is 268 g/mol. The summed E-state index contributed by atoms with van der Waals surface area (Å²) in [5, 5.41) is 1.98. The second-order valence-electron chi connectivity index (χ2n) is 4.70. The highest BCUT2D eigenvalue weighted by Gasteiger charge is 1.99. The molecule has 0 radical (unpaired) electrons. The minimum absolute atomic E-state index is 0.774. The number of nitrogens with one attached hydrogen (secondary N) is 1. The lowest BCUT2D eigenvalue weighted by atomic mass is 10.1. The standard InChI is InChI=1S/C17H15ClN2/c18-15-7-5-13(6-8-15)9-10-19-11-14-12-20-17-4-2-1-3-16(14)17/h1-8,11-12,20H,9-10H2. The Labute approximate surface area is 123 Å². The van der Waals surface area contributed by atoms with Crippen LogP contribution in [0, 0.1) is 0 Å². The normalized spacial score (nSPS) is 11.4. The lowest BCUT2D eigenvalue weighted by molar-refractivity contribution is 0.974. The van der Waals surface area contributed by atoms with Gasteiger partial charge in [0, 0.05) is 40.4 Å².